The number of rotatable bonds is 3. The Morgan fingerprint density at radius 1 is 1.32 bits per heavy atom. The second-order valence-electron chi connectivity index (χ2n) is 7.05. The molecule has 132 valence electrons. The van der Waals surface area contributed by atoms with E-state index in [4.69, 9.17) is 4.74 Å². The standard InChI is InChI=1S/C20H24N2O3/c1-13(23)11-16-12-25-10-9-22(16)20(24)21-18-8-7-15-6-5-14-3-2-4-17(18)19(14)15/h2-4,7-8,13,16,23H,5-6,9-12H2,1H3,(H,21,24). The minimum atomic E-state index is -0.459. The summed E-state index contributed by atoms with van der Waals surface area (Å²) in [5, 5.41) is 15.2. The monoisotopic (exact) mass is 340 g/mol. The number of ether oxygens (including phenoxy) is 1. The molecule has 0 spiro atoms. The van der Waals surface area contributed by atoms with Gasteiger partial charge in [-0.15, -0.1) is 0 Å². The average molecular weight is 340 g/mol. The van der Waals surface area contributed by atoms with Crippen LogP contribution in [0.25, 0.3) is 10.8 Å². The number of benzene rings is 2. The molecular weight excluding hydrogens is 316 g/mol. The predicted molar refractivity (Wildman–Crippen MR) is 98.0 cm³/mol. The highest BCUT2D eigenvalue weighted by atomic mass is 16.5. The first kappa shape index (κ1) is 16.4. The maximum atomic E-state index is 12.9. The Labute approximate surface area is 147 Å². The van der Waals surface area contributed by atoms with Crippen molar-refractivity contribution in [2.24, 2.45) is 0 Å². The molecule has 1 heterocycles. The number of carbonyl (C=O) groups excluding carboxylic acids is 1. The van der Waals surface area contributed by atoms with E-state index in [0.29, 0.717) is 26.2 Å². The lowest BCUT2D eigenvalue weighted by Gasteiger charge is -2.36. The number of nitrogens with zero attached hydrogens (tertiary/aromatic N) is 1. The summed E-state index contributed by atoms with van der Waals surface area (Å²) in [6.45, 7) is 3.30. The largest absolute Gasteiger partial charge is 0.393 e. The fraction of sp³-hybridized carbons (Fsp3) is 0.450. The SMILES string of the molecule is CC(O)CC1COCCN1C(=O)Nc1ccc2c3c(cccc13)CC2. The molecule has 5 heteroatoms. The van der Waals surface area contributed by atoms with Crippen LogP contribution in [0.4, 0.5) is 10.5 Å². The van der Waals surface area contributed by atoms with Crippen molar-refractivity contribution in [1.82, 2.24) is 4.90 Å². The molecule has 2 atom stereocenters. The van der Waals surface area contributed by atoms with Crippen LogP contribution in [0.3, 0.4) is 0 Å². The van der Waals surface area contributed by atoms with Crippen molar-refractivity contribution in [3.8, 4) is 0 Å². The molecule has 4 rings (SSSR count). The Kier molecular flexibility index (Phi) is 4.36. The number of carbonyl (C=O) groups is 1. The van der Waals surface area contributed by atoms with E-state index < -0.39 is 6.10 Å². The first-order chi connectivity index (χ1) is 12.1. The zero-order chi connectivity index (χ0) is 17.4. The highest BCUT2D eigenvalue weighted by Gasteiger charge is 2.29. The van der Waals surface area contributed by atoms with Crippen molar-refractivity contribution in [1.29, 1.82) is 0 Å². The van der Waals surface area contributed by atoms with Gasteiger partial charge in [0.15, 0.2) is 0 Å². The Balaban J connectivity index is 1.60. The van der Waals surface area contributed by atoms with Gasteiger partial charge in [0.05, 0.1) is 31.0 Å². The maximum Gasteiger partial charge on any atom is 0.322 e. The van der Waals surface area contributed by atoms with Crippen LogP contribution in [0.1, 0.15) is 24.5 Å². The summed E-state index contributed by atoms with van der Waals surface area (Å²) >= 11 is 0. The Bertz CT molecular complexity index is 793. The third kappa shape index (κ3) is 3.10. The van der Waals surface area contributed by atoms with Gasteiger partial charge in [-0.05, 0) is 48.8 Å². The van der Waals surface area contributed by atoms with Crippen molar-refractivity contribution >= 4 is 22.5 Å². The minimum Gasteiger partial charge on any atom is -0.393 e. The number of aliphatic hydroxyl groups excluding tert-OH is 1. The van der Waals surface area contributed by atoms with Crippen LogP contribution in [0.15, 0.2) is 30.3 Å². The first-order valence-corrected chi connectivity index (χ1v) is 9.00. The van der Waals surface area contributed by atoms with Gasteiger partial charge in [0.1, 0.15) is 0 Å². The molecule has 0 saturated carbocycles. The van der Waals surface area contributed by atoms with Crippen molar-refractivity contribution < 1.29 is 14.6 Å². The van der Waals surface area contributed by atoms with Crippen LogP contribution in [0, 0.1) is 0 Å². The number of nitrogens with one attached hydrogen (secondary N) is 1. The van der Waals surface area contributed by atoms with Crippen LogP contribution in [0.5, 0.6) is 0 Å². The van der Waals surface area contributed by atoms with Crippen LogP contribution in [0.2, 0.25) is 0 Å². The van der Waals surface area contributed by atoms with Gasteiger partial charge < -0.3 is 20.1 Å². The van der Waals surface area contributed by atoms with E-state index in [1.807, 2.05) is 6.07 Å². The van der Waals surface area contributed by atoms with E-state index in [1.165, 1.54) is 16.5 Å². The fourth-order valence-corrected chi connectivity index (χ4v) is 4.05. The number of amides is 2. The molecule has 2 aromatic rings. The van der Waals surface area contributed by atoms with Crippen LogP contribution in [-0.4, -0.2) is 47.9 Å². The van der Waals surface area contributed by atoms with Gasteiger partial charge in [0.2, 0.25) is 0 Å². The van der Waals surface area contributed by atoms with Crippen LogP contribution in [-0.2, 0) is 17.6 Å². The van der Waals surface area contributed by atoms with E-state index >= 15 is 0 Å². The van der Waals surface area contributed by atoms with Gasteiger partial charge in [0.25, 0.3) is 0 Å². The molecule has 1 aliphatic heterocycles. The molecule has 2 N–H and O–H groups in total. The molecule has 1 aliphatic carbocycles. The number of aryl methyl sites for hydroxylation is 2. The van der Waals surface area contributed by atoms with Crippen molar-refractivity contribution in [3.63, 3.8) is 0 Å². The normalized spacial score (nSPS) is 20.7. The Hall–Kier alpha value is -2.11. The molecule has 1 saturated heterocycles. The van der Waals surface area contributed by atoms with Crippen LogP contribution >= 0.6 is 0 Å². The molecule has 25 heavy (non-hydrogen) atoms. The van der Waals surface area contributed by atoms with Crippen molar-refractivity contribution in [2.75, 3.05) is 25.1 Å². The molecule has 2 aromatic carbocycles. The van der Waals surface area contributed by atoms with Gasteiger partial charge in [-0.2, -0.15) is 0 Å². The van der Waals surface area contributed by atoms with Crippen molar-refractivity contribution in [2.45, 2.75) is 38.3 Å². The molecule has 2 unspecified atom stereocenters. The van der Waals surface area contributed by atoms with E-state index in [1.54, 1.807) is 11.8 Å². The summed E-state index contributed by atoms with van der Waals surface area (Å²) < 4.78 is 5.49. The maximum absolute atomic E-state index is 12.9. The number of hydrogen-bond donors (Lipinski definition) is 2. The van der Waals surface area contributed by atoms with Crippen molar-refractivity contribution in [3.05, 3.63) is 41.5 Å². The molecular formula is C20H24N2O3. The summed E-state index contributed by atoms with van der Waals surface area (Å²) in [5.74, 6) is 0. The second kappa shape index (κ2) is 6.65. The smallest absolute Gasteiger partial charge is 0.322 e. The second-order valence-corrected chi connectivity index (χ2v) is 7.05. The number of anilines is 1. The quantitative estimate of drug-likeness (QED) is 0.903. The van der Waals surface area contributed by atoms with E-state index in [2.05, 4.69) is 29.6 Å². The van der Waals surface area contributed by atoms with E-state index in [-0.39, 0.29) is 12.1 Å². The molecule has 2 amide bonds. The van der Waals surface area contributed by atoms with Crippen LogP contribution < -0.4 is 5.32 Å². The van der Waals surface area contributed by atoms with Gasteiger partial charge >= 0.3 is 6.03 Å². The van der Waals surface area contributed by atoms with E-state index in [9.17, 15) is 9.90 Å². The van der Waals surface area contributed by atoms with E-state index in [0.717, 1.165) is 23.9 Å². The Morgan fingerprint density at radius 3 is 2.92 bits per heavy atom. The number of hydrogen-bond acceptors (Lipinski definition) is 3. The summed E-state index contributed by atoms with van der Waals surface area (Å²) in [7, 11) is 0. The third-order valence-corrected chi connectivity index (χ3v) is 5.22. The molecule has 5 nitrogen and oxygen atoms in total. The molecule has 2 aliphatic rings. The summed E-state index contributed by atoms with van der Waals surface area (Å²) in [6.07, 6.45) is 2.21. The fourth-order valence-electron chi connectivity index (χ4n) is 4.05. The number of aliphatic hydroxyl groups is 1. The van der Waals surface area contributed by atoms with Gasteiger partial charge in [-0.1, -0.05) is 24.3 Å². The lowest BCUT2D eigenvalue weighted by molar-refractivity contribution is -0.00159. The lowest BCUT2D eigenvalue weighted by atomic mass is 10.0. The van der Waals surface area contributed by atoms with Gasteiger partial charge in [0, 0.05) is 11.9 Å². The average Bonchev–Trinajstić information content (AvgIpc) is 3.02. The number of morpholine rings is 1. The summed E-state index contributed by atoms with van der Waals surface area (Å²) in [5.41, 5.74) is 3.58. The zero-order valence-electron chi connectivity index (χ0n) is 14.5. The molecule has 0 radical (unpaired) electrons. The lowest BCUT2D eigenvalue weighted by Crippen LogP contribution is -2.51. The van der Waals surface area contributed by atoms with Gasteiger partial charge in [-0.25, -0.2) is 4.79 Å². The summed E-state index contributed by atoms with van der Waals surface area (Å²) in [6, 6.07) is 10.2. The topological polar surface area (TPSA) is 61.8 Å². The Morgan fingerprint density at radius 2 is 2.12 bits per heavy atom. The highest BCUT2D eigenvalue weighted by Crippen LogP contribution is 2.35. The first-order valence-electron chi connectivity index (χ1n) is 9.00. The predicted octanol–water partition coefficient (Wildman–Crippen LogP) is 2.94. The highest BCUT2D eigenvalue weighted by molar-refractivity contribution is 6.04. The molecule has 1 fully saturated rings. The minimum absolute atomic E-state index is 0.0921. The summed E-state index contributed by atoms with van der Waals surface area (Å²) in [4.78, 5) is 14.7. The molecule has 0 bridgehead atoms. The van der Waals surface area contributed by atoms with Gasteiger partial charge in [-0.3, -0.25) is 0 Å². The number of urea groups is 1. The zero-order valence-corrected chi connectivity index (χ0v) is 14.5. The third-order valence-electron chi connectivity index (χ3n) is 5.22. The molecule has 0 aromatic heterocycles.